The molecule has 1 saturated carbocycles. The van der Waals surface area contributed by atoms with Gasteiger partial charge in [-0.1, -0.05) is 36.6 Å². The Kier molecular flexibility index (Phi) is 6.02. The zero-order chi connectivity index (χ0) is 20.3. The third kappa shape index (κ3) is 4.24. The third-order valence-corrected chi connectivity index (χ3v) is 7.05. The molecule has 0 radical (unpaired) electrons. The standard InChI is InChI=1S/C24H31FN2O2/c25-21-9-5-8-20(16-21)24(12-3-4-13-24)23(29)26-14-10-22(28)27-15-11-18-6-1-2-7-19(18)17-27/h5,7-9,16,18H,1-4,6,10-15,17H2,(H,26,29). The van der Waals surface area contributed by atoms with Gasteiger partial charge in [0.2, 0.25) is 11.8 Å². The summed E-state index contributed by atoms with van der Waals surface area (Å²) in [7, 11) is 0. The van der Waals surface area contributed by atoms with Crippen molar-refractivity contribution < 1.29 is 14.0 Å². The molecule has 2 fully saturated rings. The van der Waals surface area contributed by atoms with Crippen LogP contribution in [0.4, 0.5) is 4.39 Å². The van der Waals surface area contributed by atoms with E-state index in [9.17, 15) is 14.0 Å². The minimum atomic E-state index is -0.656. The fourth-order valence-corrected chi connectivity index (χ4v) is 5.37. The van der Waals surface area contributed by atoms with E-state index >= 15 is 0 Å². The van der Waals surface area contributed by atoms with Gasteiger partial charge in [-0.3, -0.25) is 9.59 Å². The molecule has 0 bridgehead atoms. The maximum atomic E-state index is 13.7. The van der Waals surface area contributed by atoms with Crippen LogP contribution in [0.25, 0.3) is 0 Å². The Morgan fingerprint density at radius 1 is 1.17 bits per heavy atom. The van der Waals surface area contributed by atoms with Crippen LogP contribution in [-0.4, -0.2) is 36.3 Å². The highest BCUT2D eigenvalue weighted by Gasteiger charge is 2.42. The topological polar surface area (TPSA) is 49.4 Å². The smallest absolute Gasteiger partial charge is 0.230 e. The molecule has 5 heteroatoms. The summed E-state index contributed by atoms with van der Waals surface area (Å²) in [5, 5.41) is 2.99. The fraction of sp³-hybridized carbons (Fsp3) is 0.583. The van der Waals surface area contributed by atoms with Gasteiger partial charge in [0, 0.05) is 26.1 Å². The normalized spacial score (nSPS) is 23.3. The van der Waals surface area contributed by atoms with E-state index in [1.807, 2.05) is 11.0 Å². The number of fused-ring (bicyclic) bond motifs is 1. The van der Waals surface area contributed by atoms with Gasteiger partial charge in [0.1, 0.15) is 5.82 Å². The van der Waals surface area contributed by atoms with E-state index in [-0.39, 0.29) is 17.6 Å². The molecule has 1 saturated heterocycles. The lowest BCUT2D eigenvalue weighted by Crippen LogP contribution is -2.45. The zero-order valence-electron chi connectivity index (χ0n) is 17.1. The molecule has 1 aromatic rings. The van der Waals surface area contributed by atoms with Crippen molar-refractivity contribution in [3.63, 3.8) is 0 Å². The lowest BCUT2D eigenvalue weighted by Gasteiger charge is -2.36. The van der Waals surface area contributed by atoms with Gasteiger partial charge in [-0.15, -0.1) is 0 Å². The van der Waals surface area contributed by atoms with Crippen LogP contribution in [0.5, 0.6) is 0 Å². The fourth-order valence-electron chi connectivity index (χ4n) is 5.37. The van der Waals surface area contributed by atoms with Crippen molar-refractivity contribution in [1.29, 1.82) is 0 Å². The molecule has 1 aromatic carbocycles. The Morgan fingerprint density at radius 3 is 2.79 bits per heavy atom. The average Bonchev–Trinajstić information content (AvgIpc) is 3.24. The number of piperidine rings is 1. The number of nitrogens with one attached hydrogen (secondary N) is 1. The highest BCUT2D eigenvalue weighted by molar-refractivity contribution is 5.89. The first kappa shape index (κ1) is 20.1. The number of carbonyl (C=O) groups is 2. The van der Waals surface area contributed by atoms with E-state index in [1.54, 1.807) is 6.07 Å². The number of benzene rings is 1. The van der Waals surface area contributed by atoms with E-state index in [2.05, 4.69) is 11.4 Å². The van der Waals surface area contributed by atoms with Crippen LogP contribution in [0.2, 0.25) is 0 Å². The molecule has 1 N–H and O–H groups in total. The minimum Gasteiger partial charge on any atom is -0.355 e. The summed E-state index contributed by atoms with van der Waals surface area (Å²) in [6.45, 7) is 1.92. The monoisotopic (exact) mass is 398 g/mol. The summed E-state index contributed by atoms with van der Waals surface area (Å²) >= 11 is 0. The lowest BCUT2D eigenvalue weighted by atomic mass is 9.78. The van der Waals surface area contributed by atoms with Crippen molar-refractivity contribution in [3.8, 4) is 0 Å². The summed E-state index contributed by atoms with van der Waals surface area (Å²) < 4.78 is 13.7. The molecule has 0 spiro atoms. The third-order valence-electron chi connectivity index (χ3n) is 7.05. The van der Waals surface area contributed by atoms with Crippen LogP contribution in [0, 0.1) is 11.7 Å². The van der Waals surface area contributed by atoms with Gasteiger partial charge in [-0.25, -0.2) is 4.39 Å². The van der Waals surface area contributed by atoms with Crippen LogP contribution in [0.3, 0.4) is 0 Å². The molecule has 29 heavy (non-hydrogen) atoms. The Hall–Kier alpha value is -2.17. The van der Waals surface area contributed by atoms with E-state index in [0.717, 1.165) is 57.2 Å². The summed E-state index contributed by atoms with van der Waals surface area (Å²) in [5.74, 6) is 0.404. The van der Waals surface area contributed by atoms with Gasteiger partial charge in [-0.05, 0) is 62.1 Å². The molecular weight excluding hydrogens is 367 g/mol. The number of nitrogens with zero attached hydrogens (tertiary/aromatic N) is 1. The number of rotatable bonds is 5. The van der Waals surface area contributed by atoms with Crippen LogP contribution >= 0.6 is 0 Å². The van der Waals surface area contributed by atoms with Gasteiger partial charge in [0.25, 0.3) is 0 Å². The molecule has 1 unspecified atom stereocenters. The predicted molar refractivity (Wildman–Crippen MR) is 111 cm³/mol. The van der Waals surface area contributed by atoms with Gasteiger partial charge in [-0.2, -0.15) is 0 Å². The van der Waals surface area contributed by atoms with E-state index in [4.69, 9.17) is 0 Å². The Morgan fingerprint density at radius 2 is 2.00 bits per heavy atom. The Labute approximate surface area is 172 Å². The quantitative estimate of drug-likeness (QED) is 0.759. The number of carbonyl (C=O) groups excluding carboxylic acids is 2. The Bertz CT molecular complexity index is 798. The van der Waals surface area contributed by atoms with Gasteiger partial charge >= 0.3 is 0 Å². The van der Waals surface area contributed by atoms with E-state index in [1.165, 1.54) is 30.5 Å². The number of amides is 2. The molecule has 2 aliphatic carbocycles. The lowest BCUT2D eigenvalue weighted by molar-refractivity contribution is -0.132. The number of hydrogen-bond donors (Lipinski definition) is 1. The summed E-state index contributed by atoms with van der Waals surface area (Å²) in [6.07, 6.45) is 10.8. The van der Waals surface area contributed by atoms with Crippen LogP contribution in [-0.2, 0) is 15.0 Å². The zero-order valence-corrected chi connectivity index (χ0v) is 17.1. The van der Waals surface area contributed by atoms with E-state index < -0.39 is 5.41 Å². The maximum absolute atomic E-state index is 13.7. The molecule has 0 aromatic heterocycles. The maximum Gasteiger partial charge on any atom is 0.230 e. The van der Waals surface area contributed by atoms with Gasteiger partial charge in [0.15, 0.2) is 0 Å². The second-order valence-corrected chi connectivity index (χ2v) is 8.82. The second-order valence-electron chi connectivity index (χ2n) is 8.82. The summed E-state index contributed by atoms with van der Waals surface area (Å²) in [4.78, 5) is 27.7. The molecule has 1 atom stereocenters. The first-order chi connectivity index (χ1) is 14.1. The molecular formula is C24H31FN2O2. The highest BCUT2D eigenvalue weighted by atomic mass is 19.1. The first-order valence-electron chi connectivity index (χ1n) is 11.1. The summed E-state index contributed by atoms with van der Waals surface area (Å²) in [6, 6.07) is 6.41. The van der Waals surface area contributed by atoms with Crippen LogP contribution < -0.4 is 5.32 Å². The molecule has 4 rings (SSSR count). The highest BCUT2D eigenvalue weighted by Crippen LogP contribution is 2.41. The average molecular weight is 399 g/mol. The molecule has 4 nitrogen and oxygen atoms in total. The number of allylic oxidation sites excluding steroid dienone is 1. The molecule has 3 aliphatic rings. The predicted octanol–water partition coefficient (Wildman–Crippen LogP) is 4.10. The van der Waals surface area contributed by atoms with Crippen molar-refractivity contribution in [2.45, 2.75) is 63.2 Å². The van der Waals surface area contributed by atoms with Crippen molar-refractivity contribution in [1.82, 2.24) is 10.2 Å². The van der Waals surface area contributed by atoms with Gasteiger partial charge < -0.3 is 10.2 Å². The molecule has 1 aliphatic heterocycles. The SMILES string of the molecule is O=C(CCNC(=O)C1(c2cccc(F)c2)CCCC1)N1CCC2CCCC=C2C1. The van der Waals surface area contributed by atoms with Crippen molar-refractivity contribution in [2.75, 3.05) is 19.6 Å². The van der Waals surface area contributed by atoms with Crippen molar-refractivity contribution in [3.05, 3.63) is 47.3 Å². The van der Waals surface area contributed by atoms with Crippen LogP contribution in [0.1, 0.15) is 63.4 Å². The second kappa shape index (κ2) is 8.68. The van der Waals surface area contributed by atoms with Crippen LogP contribution in [0.15, 0.2) is 35.9 Å². The van der Waals surface area contributed by atoms with Gasteiger partial charge in [0.05, 0.1) is 5.41 Å². The molecule has 156 valence electrons. The minimum absolute atomic E-state index is 0.0675. The number of likely N-dealkylation sites (tertiary alicyclic amines) is 1. The van der Waals surface area contributed by atoms with E-state index in [0.29, 0.717) is 18.9 Å². The van der Waals surface area contributed by atoms with Crippen molar-refractivity contribution >= 4 is 11.8 Å². The number of hydrogen-bond acceptors (Lipinski definition) is 2. The van der Waals surface area contributed by atoms with Crippen molar-refractivity contribution in [2.24, 2.45) is 5.92 Å². The number of halogens is 1. The molecule has 1 heterocycles. The summed E-state index contributed by atoms with van der Waals surface area (Å²) in [5.41, 5.74) is 1.53. The first-order valence-corrected chi connectivity index (χ1v) is 11.1. The molecule has 2 amide bonds. The Balaban J connectivity index is 1.33. The largest absolute Gasteiger partial charge is 0.355 e.